The monoisotopic (exact) mass is 528 g/mol. The molecule has 0 unspecified atom stereocenters. The molecule has 40 heavy (non-hydrogen) atoms. The van der Waals surface area contributed by atoms with Gasteiger partial charge in [0.2, 0.25) is 5.95 Å². The van der Waals surface area contributed by atoms with Crippen LogP contribution in [0.25, 0.3) is 11.3 Å². The maximum Gasteiger partial charge on any atom is 0.229 e. The van der Waals surface area contributed by atoms with E-state index in [1.807, 2.05) is 48.7 Å². The molecule has 0 radical (unpaired) electrons. The number of carbonyl (C=O) groups is 1. The minimum Gasteiger partial charge on any atom is -0.367 e. The number of anilines is 3. The number of hydrogen-bond acceptors (Lipinski definition) is 7. The smallest absolute Gasteiger partial charge is 0.229 e. The minimum atomic E-state index is 0.177. The van der Waals surface area contributed by atoms with Crippen LogP contribution < -0.4 is 10.6 Å². The normalized spacial score (nSPS) is 15.1. The molecular formula is C33H32N6O. The van der Waals surface area contributed by atoms with Crippen LogP contribution in [0.2, 0.25) is 0 Å². The molecule has 2 N–H and O–H groups in total. The highest BCUT2D eigenvalue weighted by molar-refractivity contribution is 5.96. The van der Waals surface area contributed by atoms with Gasteiger partial charge >= 0.3 is 0 Å². The van der Waals surface area contributed by atoms with Gasteiger partial charge in [0, 0.05) is 47.9 Å². The van der Waals surface area contributed by atoms with Crippen LogP contribution in [0.3, 0.4) is 0 Å². The van der Waals surface area contributed by atoms with Crippen molar-refractivity contribution in [1.29, 1.82) is 0 Å². The molecule has 0 atom stereocenters. The molecule has 3 aromatic heterocycles. The summed E-state index contributed by atoms with van der Waals surface area (Å²) < 4.78 is 0. The predicted molar refractivity (Wildman–Crippen MR) is 157 cm³/mol. The number of rotatable bonds is 8. The number of hydrogen-bond donors (Lipinski definition) is 2. The van der Waals surface area contributed by atoms with Crippen molar-refractivity contribution in [3.63, 3.8) is 0 Å². The van der Waals surface area contributed by atoms with Crippen LogP contribution in [-0.4, -0.2) is 31.8 Å². The van der Waals surface area contributed by atoms with Crippen molar-refractivity contribution in [3.8, 4) is 23.1 Å². The van der Waals surface area contributed by atoms with E-state index < -0.39 is 0 Å². The number of carbonyl (C=O) groups excluding carboxylic acids is 1. The Kier molecular flexibility index (Phi) is 7.76. The van der Waals surface area contributed by atoms with Crippen molar-refractivity contribution in [3.05, 3.63) is 90.0 Å². The van der Waals surface area contributed by atoms with E-state index in [0.29, 0.717) is 35.6 Å². The number of pyridine rings is 2. The molecule has 0 spiro atoms. The summed E-state index contributed by atoms with van der Waals surface area (Å²) in [4.78, 5) is 30.7. The van der Waals surface area contributed by atoms with Crippen LogP contribution in [0.15, 0.2) is 73.2 Å². The van der Waals surface area contributed by atoms with Crippen LogP contribution >= 0.6 is 0 Å². The number of nitrogens with one attached hydrogen (secondary N) is 2. The van der Waals surface area contributed by atoms with Gasteiger partial charge in [-0.15, -0.1) is 0 Å². The Morgan fingerprint density at radius 1 is 0.875 bits per heavy atom. The van der Waals surface area contributed by atoms with E-state index in [0.717, 1.165) is 54.0 Å². The Morgan fingerprint density at radius 2 is 1.73 bits per heavy atom. The summed E-state index contributed by atoms with van der Waals surface area (Å²) in [5.41, 5.74) is 4.76. The van der Waals surface area contributed by atoms with Gasteiger partial charge in [0.05, 0.1) is 11.3 Å². The quantitative estimate of drug-likeness (QED) is 0.192. The highest BCUT2D eigenvalue weighted by Gasteiger charge is 2.25. The van der Waals surface area contributed by atoms with Crippen molar-refractivity contribution < 1.29 is 4.79 Å². The molecule has 0 saturated heterocycles. The third-order valence-electron chi connectivity index (χ3n) is 7.40. The molecule has 2 aliphatic carbocycles. The molecule has 0 aliphatic heterocycles. The van der Waals surface area contributed by atoms with Crippen molar-refractivity contribution in [2.45, 2.75) is 57.4 Å². The second kappa shape index (κ2) is 12.1. The van der Waals surface area contributed by atoms with Gasteiger partial charge in [-0.3, -0.25) is 9.78 Å². The first-order valence-corrected chi connectivity index (χ1v) is 14.1. The van der Waals surface area contributed by atoms with Crippen LogP contribution in [0, 0.1) is 17.8 Å². The fourth-order valence-corrected chi connectivity index (χ4v) is 4.98. The van der Waals surface area contributed by atoms with E-state index in [4.69, 9.17) is 4.98 Å². The third-order valence-corrected chi connectivity index (χ3v) is 7.40. The SMILES string of the molecule is O=C(CC1CC1)c1ccnc(C#Cc2ccc(Nc3ncc(-c4ccccn4)c(NC4CCCCC4)n3)cc2)c1. The van der Waals surface area contributed by atoms with Gasteiger partial charge < -0.3 is 10.6 Å². The fraction of sp³-hybridized carbons (Fsp3) is 0.303. The Bertz CT molecular complexity index is 1530. The summed E-state index contributed by atoms with van der Waals surface area (Å²) in [6, 6.07) is 17.6. The summed E-state index contributed by atoms with van der Waals surface area (Å²) in [6.45, 7) is 0. The van der Waals surface area contributed by atoms with Crippen LogP contribution in [0.1, 0.15) is 73.0 Å². The largest absolute Gasteiger partial charge is 0.367 e. The lowest BCUT2D eigenvalue weighted by Crippen LogP contribution is -2.23. The van der Waals surface area contributed by atoms with Gasteiger partial charge in [0.15, 0.2) is 5.78 Å². The molecule has 3 heterocycles. The lowest BCUT2D eigenvalue weighted by molar-refractivity contribution is 0.0976. The van der Waals surface area contributed by atoms with E-state index >= 15 is 0 Å². The second-order valence-electron chi connectivity index (χ2n) is 10.6. The van der Waals surface area contributed by atoms with Gasteiger partial charge in [0.1, 0.15) is 11.5 Å². The van der Waals surface area contributed by atoms with Gasteiger partial charge in [-0.25, -0.2) is 9.97 Å². The molecule has 1 aromatic carbocycles. The van der Waals surface area contributed by atoms with Crippen molar-refractivity contribution in [1.82, 2.24) is 19.9 Å². The molecule has 200 valence electrons. The van der Waals surface area contributed by atoms with Crippen molar-refractivity contribution in [2.75, 3.05) is 10.6 Å². The predicted octanol–water partition coefficient (Wildman–Crippen LogP) is 6.80. The van der Waals surface area contributed by atoms with Crippen LogP contribution in [0.4, 0.5) is 17.5 Å². The third kappa shape index (κ3) is 6.70. The van der Waals surface area contributed by atoms with Gasteiger partial charge in [-0.2, -0.15) is 4.98 Å². The molecule has 0 bridgehead atoms. The minimum absolute atomic E-state index is 0.177. The van der Waals surface area contributed by atoms with Crippen molar-refractivity contribution >= 4 is 23.2 Å². The second-order valence-corrected chi connectivity index (χ2v) is 10.6. The number of ketones is 1. The molecule has 4 aromatic rings. The summed E-state index contributed by atoms with van der Waals surface area (Å²) in [5.74, 6) is 8.30. The maximum atomic E-state index is 12.4. The van der Waals surface area contributed by atoms with Gasteiger partial charge in [-0.1, -0.05) is 31.2 Å². The Morgan fingerprint density at radius 3 is 2.50 bits per heavy atom. The number of aromatic nitrogens is 4. The standard InChI is InChI=1S/C33H32N6O/c40-31(20-24-9-10-24)25-17-19-34-28(21-25)16-13-23-11-14-27(15-12-23)38-33-36-22-29(30-8-4-5-18-35-30)32(39-33)37-26-6-2-1-3-7-26/h4-5,8,11-12,14-15,17-19,21-22,24,26H,1-3,6-7,9-10,20H2,(H2,36,37,38,39). The molecule has 7 nitrogen and oxygen atoms in total. The zero-order valence-electron chi connectivity index (χ0n) is 22.4. The lowest BCUT2D eigenvalue weighted by Gasteiger charge is -2.24. The Balaban J connectivity index is 1.15. The first-order valence-electron chi connectivity index (χ1n) is 14.1. The van der Waals surface area contributed by atoms with E-state index in [-0.39, 0.29) is 5.78 Å². The number of nitrogens with zero attached hydrogens (tertiary/aromatic N) is 4. The van der Waals surface area contributed by atoms with E-state index in [1.54, 1.807) is 24.5 Å². The van der Waals surface area contributed by atoms with E-state index in [9.17, 15) is 4.79 Å². The number of Topliss-reactive ketones (excluding diaryl/α,β-unsaturated/α-hetero) is 1. The fourth-order valence-electron chi connectivity index (χ4n) is 4.98. The van der Waals surface area contributed by atoms with Crippen LogP contribution in [-0.2, 0) is 0 Å². The zero-order chi connectivity index (χ0) is 27.1. The summed E-state index contributed by atoms with van der Waals surface area (Å²) in [5, 5.41) is 6.98. The van der Waals surface area contributed by atoms with Crippen LogP contribution in [0.5, 0.6) is 0 Å². The summed E-state index contributed by atoms with van der Waals surface area (Å²) >= 11 is 0. The molecular weight excluding hydrogens is 496 g/mol. The first kappa shape index (κ1) is 25.7. The highest BCUT2D eigenvalue weighted by atomic mass is 16.1. The average molecular weight is 529 g/mol. The molecule has 7 heteroatoms. The molecule has 6 rings (SSSR count). The topological polar surface area (TPSA) is 92.7 Å². The van der Waals surface area contributed by atoms with E-state index in [1.165, 1.54) is 19.3 Å². The molecule has 2 saturated carbocycles. The van der Waals surface area contributed by atoms with Gasteiger partial charge in [0.25, 0.3) is 0 Å². The summed E-state index contributed by atoms with van der Waals surface area (Å²) in [6.07, 6.45) is 14.3. The first-order chi connectivity index (χ1) is 19.7. The average Bonchev–Trinajstić information content (AvgIpc) is 3.82. The van der Waals surface area contributed by atoms with Crippen molar-refractivity contribution in [2.24, 2.45) is 5.92 Å². The van der Waals surface area contributed by atoms with E-state index in [2.05, 4.69) is 37.4 Å². The Labute approximate surface area is 234 Å². The lowest BCUT2D eigenvalue weighted by atomic mass is 9.95. The molecule has 2 fully saturated rings. The molecule has 0 amide bonds. The zero-order valence-corrected chi connectivity index (χ0v) is 22.4. The highest BCUT2D eigenvalue weighted by Crippen LogP contribution is 2.33. The summed E-state index contributed by atoms with van der Waals surface area (Å²) in [7, 11) is 0. The van der Waals surface area contributed by atoms with Gasteiger partial charge in [-0.05, 0) is 86.1 Å². The maximum absolute atomic E-state index is 12.4. The molecule has 2 aliphatic rings. The number of benzene rings is 1. The Hall–Kier alpha value is -4.57.